The molecule has 0 spiro atoms. The monoisotopic (exact) mass is 391 g/mol. The Labute approximate surface area is 161 Å². The highest BCUT2D eigenvalue weighted by Gasteiger charge is 2.12. The zero-order chi connectivity index (χ0) is 19.8. The van der Waals surface area contributed by atoms with Crippen molar-refractivity contribution in [2.45, 2.75) is 44.8 Å². The lowest BCUT2D eigenvalue weighted by Crippen LogP contribution is -2.12. The Kier molecular flexibility index (Phi) is 7.79. The van der Waals surface area contributed by atoms with E-state index in [1.165, 1.54) is 12.3 Å². The number of hydrogen-bond acceptors (Lipinski definition) is 5. The maximum atomic E-state index is 12.5. The summed E-state index contributed by atoms with van der Waals surface area (Å²) in [6.07, 6.45) is 2.12. The van der Waals surface area contributed by atoms with Gasteiger partial charge in [-0.1, -0.05) is 19.1 Å². The van der Waals surface area contributed by atoms with Gasteiger partial charge in [0.25, 0.3) is 0 Å². The first-order valence-corrected chi connectivity index (χ1v) is 10.4. The van der Waals surface area contributed by atoms with Crippen LogP contribution in [0.25, 0.3) is 0 Å². The molecule has 0 fully saturated rings. The van der Waals surface area contributed by atoms with Crippen LogP contribution in [0.2, 0.25) is 0 Å². The van der Waals surface area contributed by atoms with E-state index in [0.29, 0.717) is 17.9 Å². The number of esters is 1. The van der Waals surface area contributed by atoms with Crippen molar-refractivity contribution in [1.82, 2.24) is 4.98 Å². The summed E-state index contributed by atoms with van der Waals surface area (Å²) in [6.45, 7) is 6.01. The number of benzene rings is 1. The fourth-order valence-corrected chi connectivity index (χ4v) is 3.56. The summed E-state index contributed by atoms with van der Waals surface area (Å²) in [5.74, 6) is 0.357. The minimum absolute atomic E-state index is 0.198. The Morgan fingerprint density at radius 3 is 2.67 bits per heavy atom. The van der Waals surface area contributed by atoms with Gasteiger partial charge in [0.05, 0.1) is 24.0 Å². The van der Waals surface area contributed by atoms with Crippen LogP contribution in [-0.2, 0) is 27.0 Å². The van der Waals surface area contributed by atoms with Crippen LogP contribution < -0.4 is 10.2 Å². The van der Waals surface area contributed by atoms with Crippen LogP contribution in [0.5, 0.6) is 5.75 Å². The van der Waals surface area contributed by atoms with Crippen LogP contribution in [0, 0.1) is 0 Å². The Bertz CT molecular complexity index is 859. The van der Waals surface area contributed by atoms with Crippen LogP contribution in [0.1, 0.15) is 48.8 Å². The van der Waals surface area contributed by atoms with Crippen LogP contribution in [0.15, 0.2) is 41.3 Å². The van der Waals surface area contributed by atoms with Crippen molar-refractivity contribution in [3.63, 3.8) is 0 Å². The van der Waals surface area contributed by atoms with Crippen LogP contribution in [-0.4, -0.2) is 27.9 Å². The SMILES string of the molecule is CCCOc1c[nH]c(CS(=O)Cc2cccc(C(=O)OC(C)C)c2)cc1=O. The first-order valence-electron chi connectivity index (χ1n) is 8.88. The second kappa shape index (κ2) is 10.1. The molecule has 2 aromatic rings. The second-order valence-corrected chi connectivity index (χ2v) is 7.88. The van der Waals surface area contributed by atoms with E-state index < -0.39 is 16.8 Å². The minimum atomic E-state index is -1.24. The van der Waals surface area contributed by atoms with E-state index in [0.717, 1.165) is 12.0 Å². The molecule has 1 N–H and O–H groups in total. The van der Waals surface area contributed by atoms with Crippen molar-refractivity contribution in [2.75, 3.05) is 6.61 Å². The summed E-state index contributed by atoms with van der Waals surface area (Å²) in [7, 11) is -1.24. The highest BCUT2D eigenvalue weighted by atomic mass is 32.2. The van der Waals surface area contributed by atoms with Gasteiger partial charge in [-0.2, -0.15) is 0 Å². The first-order chi connectivity index (χ1) is 12.9. The van der Waals surface area contributed by atoms with Crippen LogP contribution in [0.4, 0.5) is 0 Å². The van der Waals surface area contributed by atoms with Crippen molar-refractivity contribution < 1.29 is 18.5 Å². The van der Waals surface area contributed by atoms with Crippen molar-refractivity contribution in [3.05, 3.63) is 63.6 Å². The molecule has 6 nitrogen and oxygen atoms in total. The van der Waals surface area contributed by atoms with Gasteiger partial charge in [0, 0.05) is 34.5 Å². The fourth-order valence-electron chi connectivity index (χ4n) is 2.39. The van der Waals surface area contributed by atoms with E-state index in [2.05, 4.69) is 4.98 Å². The van der Waals surface area contributed by atoms with E-state index in [-0.39, 0.29) is 28.8 Å². The molecule has 27 heavy (non-hydrogen) atoms. The maximum absolute atomic E-state index is 12.5. The molecule has 0 saturated heterocycles. The number of hydrogen-bond donors (Lipinski definition) is 1. The first kappa shape index (κ1) is 20.9. The number of H-pyrrole nitrogens is 1. The molecule has 0 amide bonds. The lowest BCUT2D eigenvalue weighted by molar-refractivity contribution is 0.0378. The van der Waals surface area contributed by atoms with Crippen molar-refractivity contribution in [2.24, 2.45) is 0 Å². The molecule has 1 unspecified atom stereocenters. The van der Waals surface area contributed by atoms with E-state index in [1.807, 2.05) is 13.0 Å². The molecule has 0 aliphatic heterocycles. The molecule has 2 rings (SSSR count). The zero-order valence-electron chi connectivity index (χ0n) is 15.8. The number of aromatic amines is 1. The minimum Gasteiger partial charge on any atom is -0.488 e. The van der Waals surface area contributed by atoms with Gasteiger partial charge in [-0.15, -0.1) is 0 Å². The molecule has 0 saturated carbocycles. The number of rotatable bonds is 9. The van der Waals surface area contributed by atoms with Crippen LogP contribution >= 0.6 is 0 Å². The summed E-state index contributed by atoms with van der Waals surface area (Å²) in [5, 5.41) is 0. The molecule has 0 aliphatic carbocycles. The molecule has 1 aromatic carbocycles. The fraction of sp³-hybridized carbons (Fsp3) is 0.400. The molecule has 7 heteroatoms. The number of pyridine rings is 1. The van der Waals surface area contributed by atoms with Gasteiger partial charge in [0.15, 0.2) is 5.75 Å². The number of aromatic nitrogens is 1. The van der Waals surface area contributed by atoms with E-state index in [9.17, 15) is 13.8 Å². The number of carbonyl (C=O) groups excluding carboxylic acids is 1. The molecule has 1 heterocycles. The van der Waals surface area contributed by atoms with Gasteiger partial charge < -0.3 is 14.5 Å². The highest BCUT2D eigenvalue weighted by Crippen LogP contribution is 2.12. The summed E-state index contributed by atoms with van der Waals surface area (Å²) >= 11 is 0. The Morgan fingerprint density at radius 1 is 1.22 bits per heavy atom. The van der Waals surface area contributed by atoms with Crippen molar-refractivity contribution in [3.8, 4) is 5.75 Å². The summed E-state index contributed by atoms with van der Waals surface area (Å²) in [6, 6.07) is 8.33. The average molecular weight is 391 g/mol. The summed E-state index contributed by atoms with van der Waals surface area (Å²) in [4.78, 5) is 26.9. The number of ether oxygens (including phenoxy) is 2. The topological polar surface area (TPSA) is 85.5 Å². The summed E-state index contributed by atoms with van der Waals surface area (Å²) in [5.41, 5.74) is 1.56. The van der Waals surface area contributed by atoms with Gasteiger partial charge in [-0.25, -0.2) is 4.79 Å². The van der Waals surface area contributed by atoms with Gasteiger partial charge in [0.2, 0.25) is 5.43 Å². The predicted molar refractivity (Wildman–Crippen MR) is 105 cm³/mol. The lowest BCUT2D eigenvalue weighted by Gasteiger charge is -2.09. The third-order valence-electron chi connectivity index (χ3n) is 3.55. The van der Waals surface area contributed by atoms with Crippen molar-refractivity contribution >= 4 is 16.8 Å². The largest absolute Gasteiger partial charge is 0.488 e. The van der Waals surface area contributed by atoms with Crippen molar-refractivity contribution in [1.29, 1.82) is 0 Å². The summed E-state index contributed by atoms with van der Waals surface area (Å²) < 4.78 is 23.0. The molecule has 1 aromatic heterocycles. The normalized spacial score (nSPS) is 12.0. The number of nitrogens with one attached hydrogen (secondary N) is 1. The Balaban J connectivity index is 2.00. The molecular weight excluding hydrogens is 366 g/mol. The predicted octanol–water partition coefficient (Wildman–Crippen LogP) is 3.18. The van der Waals surface area contributed by atoms with Crippen LogP contribution in [0.3, 0.4) is 0 Å². The Hall–Kier alpha value is -2.41. The average Bonchev–Trinajstić information content (AvgIpc) is 2.60. The van der Waals surface area contributed by atoms with E-state index >= 15 is 0 Å². The number of carbonyl (C=O) groups is 1. The quantitative estimate of drug-likeness (QED) is 0.664. The molecule has 0 bridgehead atoms. The molecule has 1 atom stereocenters. The molecular formula is C20H25NO5S. The van der Waals surface area contributed by atoms with Gasteiger partial charge in [-0.05, 0) is 38.0 Å². The van der Waals surface area contributed by atoms with E-state index in [4.69, 9.17) is 9.47 Å². The zero-order valence-corrected chi connectivity index (χ0v) is 16.6. The maximum Gasteiger partial charge on any atom is 0.338 e. The standard InChI is InChI=1S/C20H25NO5S/c1-4-8-25-19-11-21-17(10-18(19)22)13-27(24)12-15-6-5-7-16(9-15)20(23)26-14(2)3/h5-7,9-11,14H,4,8,12-13H2,1-3H3,(H,21,22). The third kappa shape index (κ3) is 6.67. The van der Waals surface area contributed by atoms with E-state index in [1.54, 1.807) is 32.0 Å². The van der Waals surface area contributed by atoms with Gasteiger partial charge in [-0.3, -0.25) is 9.00 Å². The molecule has 0 aliphatic rings. The Morgan fingerprint density at radius 2 is 2.00 bits per heavy atom. The third-order valence-corrected chi connectivity index (χ3v) is 4.84. The smallest absolute Gasteiger partial charge is 0.338 e. The highest BCUT2D eigenvalue weighted by molar-refractivity contribution is 7.83. The molecule has 146 valence electrons. The lowest BCUT2D eigenvalue weighted by atomic mass is 10.1. The second-order valence-electron chi connectivity index (χ2n) is 6.42. The van der Waals surface area contributed by atoms with Gasteiger partial charge in [0.1, 0.15) is 0 Å². The van der Waals surface area contributed by atoms with Gasteiger partial charge >= 0.3 is 5.97 Å². The molecule has 0 radical (unpaired) electrons.